The van der Waals surface area contributed by atoms with E-state index < -0.39 is 0 Å². The molecule has 0 aromatic rings. The molecule has 0 atom stereocenters. The van der Waals surface area contributed by atoms with Crippen molar-refractivity contribution in [2.45, 2.75) is 31.9 Å². The van der Waals surface area contributed by atoms with E-state index in [1.807, 2.05) is 23.6 Å². The summed E-state index contributed by atoms with van der Waals surface area (Å²) in [5.74, 6) is 1.06. The van der Waals surface area contributed by atoms with Gasteiger partial charge in [-0.1, -0.05) is 13.8 Å². The number of nitrogens with zero attached hydrogens (tertiary/aromatic N) is 2. The first kappa shape index (κ1) is 16.6. The van der Waals surface area contributed by atoms with Crippen LogP contribution >= 0.6 is 11.8 Å². The lowest BCUT2D eigenvalue weighted by molar-refractivity contribution is -0.140. The summed E-state index contributed by atoms with van der Waals surface area (Å²) >= 11 is 1.80. The van der Waals surface area contributed by atoms with Gasteiger partial charge >= 0.3 is 0 Å². The summed E-state index contributed by atoms with van der Waals surface area (Å²) in [6.45, 7) is 8.73. The van der Waals surface area contributed by atoms with Crippen molar-refractivity contribution in [3.63, 3.8) is 0 Å². The van der Waals surface area contributed by atoms with Gasteiger partial charge in [0.1, 0.15) is 0 Å². The zero-order valence-electron chi connectivity index (χ0n) is 13.1. The molecule has 0 unspecified atom stereocenters. The second-order valence-electron chi connectivity index (χ2n) is 6.12. The Kier molecular flexibility index (Phi) is 6.36. The predicted molar refractivity (Wildman–Crippen MR) is 86.3 cm³/mol. The highest BCUT2D eigenvalue weighted by atomic mass is 32.2. The van der Waals surface area contributed by atoms with Crippen LogP contribution in [0.15, 0.2) is 0 Å². The van der Waals surface area contributed by atoms with E-state index in [9.17, 15) is 9.59 Å². The predicted octanol–water partition coefficient (Wildman–Crippen LogP) is 0.798. The van der Waals surface area contributed by atoms with Gasteiger partial charge in [-0.3, -0.25) is 9.59 Å². The fraction of sp³-hybridized carbons (Fsp3) is 0.867. The van der Waals surface area contributed by atoms with E-state index in [0.717, 1.165) is 25.9 Å². The standard InChI is InChI=1S/C15H27N3O2S/c1-12(2)15(20)18-9-7-17(8-10-18)14(19)11-21-13-3-5-16-6-4-13/h12-13,16H,3-11H2,1-2H3. The summed E-state index contributed by atoms with van der Waals surface area (Å²) in [5.41, 5.74) is 0. The van der Waals surface area contributed by atoms with Crippen LogP contribution in [0.3, 0.4) is 0 Å². The lowest BCUT2D eigenvalue weighted by Crippen LogP contribution is -2.52. The number of thioether (sulfide) groups is 1. The zero-order valence-corrected chi connectivity index (χ0v) is 14.0. The number of hydrogen-bond acceptors (Lipinski definition) is 4. The zero-order chi connectivity index (χ0) is 15.2. The molecular formula is C15H27N3O2S. The van der Waals surface area contributed by atoms with E-state index >= 15 is 0 Å². The molecule has 0 saturated carbocycles. The Hall–Kier alpha value is -0.750. The maximum absolute atomic E-state index is 12.2. The van der Waals surface area contributed by atoms with Gasteiger partial charge in [-0.05, 0) is 25.9 Å². The molecule has 2 saturated heterocycles. The molecule has 0 aliphatic carbocycles. The van der Waals surface area contributed by atoms with Gasteiger partial charge in [-0.2, -0.15) is 0 Å². The number of hydrogen-bond donors (Lipinski definition) is 1. The third-order valence-electron chi connectivity index (χ3n) is 4.17. The summed E-state index contributed by atoms with van der Waals surface area (Å²) in [4.78, 5) is 28.0. The van der Waals surface area contributed by atoms with E-state index in [4.69, 9.17) is 0 Å². The van der Waals surface area contributed by atoms with Crippen LogP contribution in [0.2, 0.25) is 0 Å². The molecule has 2 aliphatic rings. The van der Waals surface area contributed by atoms with E-state index in [0.29, 0.717) is 37.2 Å². The van der Waals surface area contributed by atoms with Crippen molar-refractivity contribution in [2.75, 3.05) is 45.0 Å². The van der Waals surface area contributed by atoms with E-state index in [1.54, 1.807) is 11.8 Å². The second-order valence-corrected chi connectivity index (χ2v) is 7.41. The van der Waals surface area contributed by atoms with Gasteiger partial charge in [0.25, 0.3) is 0 Å². The molecule has 21 heavy (non-hydrogen) atoms. The topological polar surface area (TPSA) is 52.7 Å². The second kappa shape index (κ2) is 8.03. The number of amides is 2. The number of piperidine rings is 1. The fourth-order valence-electron chi connectivity index (χ4n) is 2.78. The van der Waals surface area contributed by atoms with Crippen LogP contribution in [-0.2, 0) is 9.59 Å². The molecule has 120 valence electrons. The van der Waals surface area contributed by atoms with Crippen LogP contribution in [0.5, 0.6) is 0 Å². The highest BCUT2D eigenvalue weighted by Crippen LogP contribution is 2.20. The Morgan fingerprint density at radius 3 is 2.24 bits per heavy atom. The van der Waals surface area contributed by atoms with Crippen molar-refractivity contribution in [3.8, 4) is 0 Å². The van der Waals surface area contributed by atoms with Crippen LogP contribution in [0, 0.1) is 5.92 Å². The molecule has 2 rings (SSSR count). The number of carbonyl (C=O) groups is 2. The van der Waals surface area contributed by atoms with E-state index in [1.165, 1.54) is 0 Å². The van der Waals surface area contributed by atoms with Crippen molar-refractivity contribution in [1.29, 1.82) is 0 Å². The van der Waals surface area contributed by atoms with Crippen LogP contribution in [-0.4, -0.2) is 71.9 Å². The summed E-state index contributed by atoms with van der Waals surface area (Å²) in [6, 6.07) is 0. The van der Waals surface area contributed by atoms with Gasteiger partial charge in [0.15, 0.2) is 0 Å². The first-order valence-corrected chi connectivity index (χ1v) is 9.01. The van der Waals surface area contributed by atoms with Gasteiger partial charge in [0.05, 0.1) is 5.75 Å². The molecule has 5 nitrogen and oxygen atoms in total. The first-order valence-electron chi connectivity index (χ1n) is 7.97. The summed E-state index contributed by atoms with van der Waals surface area (Å²) in [6.07, 6.45) is 2.32. The molecule has 2 amide bonds. The third-order valence-corrected chi connectivity index (χ3v) is 5.52. The van der Waals surface area contributed by atoms with Crippen molar-refractivity contribution in [3.05, 3.63) is 0 Å². The number of piperazine rings is 1. The number of carbonyl (C=O) groups excluding carboxylic acids is 2. The van der Waals surface area contributed by atoms with Crippen molar-refractivity contribution in [2.24, 2.45) is 5.92 Å². The molecule has 2 heterocycles. The monoisotopic (exact) mass is 313 g/mol. The van der Waals surface area contributed by atoms with Crippen LogP contribution in [0.1, 0.15) is 26.7 Å². The molecule has 0 aromatic heterocycles. The summed E-state index contributed by atoms with van der Waals surface area (Å²) in [5, 5.41) is 3.97. The average Bonchev–Trinajstić information content (AvgIpc) is 2.53. The Balaban J connectivity index is 1.69. The molecule has 2 fully saturated rings. The molecule has 0 bridgehead atoms. The Bertz CT molecular complexity index is 362. The van der Waals surface area contributed by atoms with Gasteiger partial charge in [-0.25, -0.2) is 0 Å². The minimum absolute atomic E-state index is 0.0442. The largest absolute Gasteiger partial charge is 0.339 e. The molecule has 1 N–H and O–H groups in total. The SMILES string of the molecule is CC(C)C(=O)N1CCN(C(=O)CSC2CCNCC2)CC1. The van der Waals surface area contributed by atoms with Gasteiger partial charge in [0, 0.05) is 37.3 Å². The molecule has 0 radical (unpaired) electrons. The fourth-order valence-corrected chi connectivity index (χ4v) is 3.91. The Morgan fingerprint density at radius 2 is 1.67 bits per heavy atom. The van der Waals surface area contributed by atoms with Crippen LogP contribution in [0.25, 0.3) is 0 Å². The Labute approximate surface area is 131 Å². The van der Waals surface area contributed by atoms with Crippen molar-refractivity contribution in [1.82, 2.24) is 15.1 Å². The van der Waals surface area contributed by atoms with Gasteiger partial charge < -0.3 is 15.1 Å². The minimum atomic E-state index is 0.0442. The van der Waals surface area contributed by atoms with E-state index in [-0.39, 0.29) is 17.7 Å². The normalized spacial score (nSPS) is 20.9. The number of nitrogens with one attached hydrogen (secondary N) is 1. The molecule has 6 heteroatoms. The summed E-state index contributed by atoms with van der Waals surface area (Å²) < 4.78 is 0. The lowest BCUT2D eigenvalue weighted by atomic mass is 10.1. The molecule has 2 aliphatic heterocycles. The minimum Gasteiger partial charge on any atom is -0.339 e. The van der Waals surface area contributed by atoms with Crippen LogP contribution < -0.4 is 5.32 Å². The maximum atomic E-state index is 12.2. The highest BCUT2D eigenvalue weighted by Gasteiger charge is 2.25. The maximum Gasteiger partial charge on any atom is 0.232 e. The quantitative estimate of drug-likeness (QED) is 0.834. The lowest BCUT2D eigenvalue weighted by Gasteiger charge is -2.35. The molecule has 0 aromatic carbocycles. The first-order chi connectivity index (χ1) is 10.1. The summed E-state index contributed by atoms with van der Waals surface area (Å²) in [7, 11) is 0. The van der Waals surface area contributed by atoms with Gasteiger partial charge in [-0.15, -0.1) is 11.8 Å². The third kappa shape index (κ3) is 4.88. The van der Waals surface area contributed by atoms with Crippen molar-refractivity contribution < 1.29 is 9.59 Å². The Morgan fingerprint density at radius 1 is 1.10 bits per heavy atom. The molecular weight excluding hydrogens is 286 g/mol. The van der Waals surface area contributed by atoms with E-state index in [2.05, 4.69) is 5.32 Å². The molecule has 0 spiro atoms. The highest BCUT2D eigenvalue weighted by molar-refractivity contribution is 8.00. The van der Waals surface area contributed by atoms with Crippen LogP contribution in [0.4, 0.5) is 0 Å². The number of rotatable bonds is 4. The van der Waals surface area contributed by atoms with Gasteiger partial charge in [0.2, 0.25) is 11.8 Å². The smallest absolute Gasteiger partial charge is 0.232 e. The van der Waals surface area contributed by atoms with Crippen molar-refractivity contribution >= 4 is 23.6 Å². The average molecular weight is 313 g/mol.